The number of hydrogen-bond acceptors (Lipinski definition) is 4. The van der Waals surface area contributed by atoms with Crippen molar-refractivity contribution in [1.29, 1.82) is 0 Å². The molecule has 0 aliphatic heterocycles. The maximum atomic E-state index is 12.9. The van der Waals surface area contributed by atoms with Crippen LogP contribution in [0.1, 0.15) is 42.2 Å². The predicted molar refractivity (Wildman–Crippen MR) is 99.2 cm³/mol. The van der Waals surface area contributed by atoms with Crippen LogP contribution < -0.4 is 10.0 Å². The van der Waals surface area contributed by atoms with Crippen molar-refractivity contribution < 1.29 is 22.4 Å². The van der Waals surface area contributed by atoms with Gasteiger partial charge >= 0.3 is 0 Å². The number of Topliss-reactive ketones (excluding diaryl/α,β-unsaturated/α-hetero) is 1. The highest BCUT2D eigenvalue weighted by Gasteiger charge is 2.16. The maximum absolute atomic E-state index is 12.9. The Morgan fingerprint density at radius 1 is 1.11 bits per heavy atom. The number of halogens is 1. The van der Waals surface area contributed by atoms with Crippen molar-refractivity contribution in [3.05, 3.63) is 65.5 Å². The molecule has 0 saturated heterocycles. The summed E-state index contributed by atoms with van der Waals surface area (Å²) >= 11 is 0. The molecule has 0 aliphatic carbocycles. The van der Waals surface area contributed by atoms with Crippen LogP contribution in [0.4, 0.5) is 4.39 Å². The molecule has 2 rings (SSSR count). The molecule has 0 heterocycles. The third-order valence-electron chi connectivity index (χ3n) is 3.94. The molecule has 2 aromatic rings. The number of hydrogen-bond donors (Lipinski definition) is 2. The average Bonchev–Trinajstić information content (AvgIpc) is 2.62. The van der Waals surface area contributed by atoms with Gasteiger partial charge in [0.15, 0.2) is 5.78 Å². The molecular weight excluding hydrogens is 371 g/mol. The number of benzene rings is 2. The summed E-state index contributed by atoms with van der Waals surface area (Å²) in [4.78, 5) is 23.3. The number of amides is 1. The zero-order chi connectivity index (χ0) is 20.0. The molecule has 8 heteroatoms. The van der Waals surface area contributed by atoms with E-state index in [1.165, 1.54) is 43.3 Å². The lowest BCUT2D eigenvalue weighted by atomic mass is 10.1. The quantitative estimate of drug-likeness (QED) is 0.676. The van der Waals surface area contributed by atoms with Crippen molar-refractivity contribution in [3.8, 4) is 0 Å². The van der Waals surface area contributed by atoms with Gasteiger partial charge in [0.1, 0.15) is 5.82 Å². The number of rotatable bonds is 8. The van der Waals surface area contributed by atoms with Gasteiger partial charge in [-0.1, -0.05) is 24.3 Å². The first-order valence-electron chi connectivity index (χ1n) is 8.34. The Kier molecular flexibility index (Phi) is 6.81. The fourth-order valence-electron chi connectivity index (χ4n) is 2.41. The molecule has 27 heavy (non-hydrogen) atoms. The highest BCUT2D eigenvalue weighted by Crippen LogP contribution is 2.14. The summed E-state index contributed by atoms with van der Waals surface area (Å²) in [5.74, 6) is -0.936. The zero-order valence-corrected chi connectivity index (χ0v) is 15.8. The average molecular weight is 392 g/mol. The van der Waals surface area contributed by atoms with Gasteiger partial charge in [0, 0.05) is 18.5 Å². The summed E-state index contributed by atoms with van der Waals surface area (Å²) in [5.41, 5.74) is 1.04. The zero-order valence-electron chi connectivity index (χ0n) is 15.0. The standard InChI is InChI=1S/C19H21FN2O4S/c1-13(15-6-8-17(20)9-7-15)22-19(24)10-11-21-27(25,26)18-5-3-4-16(12-18)14(2)23/h3-9,12-13,21H,10-11H2,1-2H3,(H,22,24). The van der Waals surface area contributed by atoms with Crippen LogP contribution in [0.3, 0.4) is 0 Å². The lowest BCUT2D eigenvalue weighted by Crippen LogP contribution is -2.32. The normalized spacial score (nSPS) is 12.4. The number of carbonyl (C=O) groups excluding carboxylic acids is 2. The fourth-order valence-corrected chi connectivity index (χ4v) is 3.49. The van der Waals surface area contributed by atoms with Crippen molar-refractivity contribution in [2.45, 2.75) is 31.2 Å². The Morgan fingerprint density at radius 3 is 2.41 bits per heavy atom. The first-order chi connectivity index (χ1) is 12.7. The van der Waals surface area contributed by atoms with Crippen molar-refractivity contribution in [1.82, 2.24) is 10.0 Å². The second kappa shape index (κ2) is 8.88. The van der Waals surface area contributed by atoms with E-state index in [0.29, 0.717) is 5.56 Å². The van der Waals surface area contributed by atoms with Crippen LogP contribution in [-0.4, -0.2) is 26.7 Å². The van der Waals surface area contributed by atoms with E-state index >= 15 is 0 Å². The molecule has 0 fully saturated rings. The summed E-state index contributed by atoms with van der Waals surface area (Å²) in [6.45, 7) is 3.02. The molecule has 2 N–H and O–H groups in total. The van der Waals surface area contributed by atoms with E-state index in [2.05, 4.69) is 10.0 Å². The third kappa shape index (κ3) is 5.97. The number of sulfonamides is 1. The van der Waals surface area contributed by atoms with Gasteiger partial charge in [-0.3, -0.25) is 9.59 Å². The van der Waals surface area contributed by atoms with Gasteiger partial charge in [-0.15, -0.1) is 0 Å². The van der Waals surface area contributed by atoms with E-state index in [0.717, 1.165) is 5.56 Å². The predicted octanol–water partition coefficient (Wildman–Crippen LogP) is 2.57. The number of carbonyl (C=O) groups is 2. The minimum Gasteiger partial charge on any atom is -0.350 e. The molecule has 1 unspecified atom stereocenters. The van der Waals surface area contributed by atoms with E-state index in [4.69, 9.17) is 0 Å². The smallest absolute Gasteiger partial charge is 0.240 e. The third-order valence-corrected chi connectivity index (χ3v) is 5.40. The summed E-state index contributed by atoms with van der Waals surface area (Å²) < 4.78 is 39.8. The van der Waals surface area contributed by atoms with Crippen molar-refractivity contribution in [3.63, 3.8) is 0 Å². The molecule has 0 aromatic heterocycles. The van der Waals surface area contributed by atoms with Gasteiger partial charge in [0.25, 0.3) is 0 Å². The van der Waals surface area contributed by atoms with E-state index < -0.39 is 10.0 Å². The van der Waals surface area contributed by atoms with Crippen LogP contribution >= 0.6 is 0 Å². The van der Waals surface area contributed by atoms with E-state index in [-0.39, 0.29) is 41.4 Å². The van der Waals surface area contributed by atoms with Crippen LogP contribution in [-0.2, 0) is 14.8 Å². The molecule has 0 spiro atoms. The SMILES string of the molecule is CC(=O)c1cccc(S(=O)(=O)NCCC(=O)NC(C)c2ccc(F)cc2)c1. The molecule has 0 bridgehead atoms. The highest BCUT2D eigenvalue weighted by molar-refractivity contribution is 7.89. The monoisotopic (exact) mass is 392 g/mol. The second-order valence-corrected chi connectivity index (χ2v) is 7.84. The largest absolute Gasteiger partial charge is 0.350 e. The van der Waals surface area contributed by atoms with Crippen LogP contribution in [0, 0.1) is 5.82 Å². The van der Waals surface area contributed by atoms with Gasteiger partial charge in [-0.25, -0.2) is 17.5 Å². The van der Waals surface area contributed by atoms with Gasteiger partial charge in [-0.2, -0.15) is 0 Å². The highest BCUT2D eigenvalue weighted by atomic mass is 32.2. The van der Waals surface area contributed by atoms with Crippen molar-refractivity contribution in [2.75, 3.05) is 6.54 Å². The van der Waals surface area contributed by atoms with E-state index in [1.54, 1.807) is 19.1 Å². The summed E-state index contributed by atoms with van der Waals surface area (Å²) in [7, 11) is -3.82. The van der Waals surface area contributed by atoms with Gasteiger partial charge in [0.05, 0.1) is 10.9 Å². The molecule has 1 atom stereocenters. The molecular formula is C19H21FN2O4S. The minimum absolute atomic E-state index is 0.0321. The first kappa shape index (κ1) is 20.7. The van der Waals surface area contributed by atoms with Crippen molar-refractivity contribution >= 4 is 21.7 Å². The molecule has 1 amide bonds. The fraction of sp³-hybridized carbons (Fsp3) is 0.263. The Labute approximate surface area is 157 Å². The first-order valence-corrected chi connectivity index (χ1v) is 9.83. The topological polar surface area (TPSA) is 92.3 Å². The summed E-state index contributed by atoms with van der Waals surface area (Å²) in [6.07, 6.45) is -0.0584. The molecule has 144 valence electrons. The Bertz CT molecular complexity index is 927. The summed E-state index contributed by atoms with van der Waals surface area (Å²) in [5, 5.41) is 2.72. The molecule has 0 radical (unpaired) electrons. The van der Waals surface area contributed by atoms with Crippen molar-refractivity contribution in [2.24, 2.45) is 0 Å². The Morgan fingerprint density at radius 2 is 1.78 bits per heavy atom. The minimum atomic E-state index is -3.82. The molecule has 6 nitrogen and oxygen atoms in total. The van der Waals surface area contributed by atoms with Gasteiger partial charge < -0.3 is 5.32 Å². The lowest BCUT2D eigenvalue weighted by Gasteiger charge is -2.14. The van der Waals surface area contributed by atoms with Crippen LogP contribution in [0.25, 0.3) is 0 Å². The number of nitrogens with one attached hydrogen (secondary N) is 2. The molecule has 2 aromatic carbocycles. The maximum Gasteiger partial charge on any atom is 0.240 e. The Balaban J connectivity index is 1.89. The Hall–Kier alpha value is -2.58. The number of ketones is 1. The lowest BCUT2D eigenvalue weighted by molar-refractivity contribution is -0.121. The second-order valence-electron chi connectivity index (χ2n) is 6.07. The van der Waals surface area contributed by atoms with Gasteiger partial charge in [-0.05, 0) is 43.7 Å². The summed E-state index contributed by atoms with van der Waals surface area (Å²) in [6, 6.07) is 11.1. The van der Waals surface area contributed by atoms with E-state index in [9.17, 15) is 22.4 Å². The van der Waals surface area contributed by atoms with Gasteiger partial charge in [0.2, 0.25) is 15.9 Å². The van der Waals surface area contributed by atoms with E-state index in [1.807, 2.05) is 0 Å². The molecule has 0 aliphatic rings. The van der Waals surface area contributed by atoms with Crippen LogP contribution in [0.15, 0.2) is 53.4 Å². The van der Waals surface area contributed by atoms with Crippen LogP contribution in [0.5, 0.6) is 0 Å². The van der Waals surface area contributed by atoms with Crippen LogP contribution in [0.2, 0.25) is 0 Å². The molecule has 0 saturated carbocycles.